The number of hydrogen-bond donors (Lipinski definition) is 2. The van der Waals surface area contributed by atoms with Crippen LogP contribution in [0.1, 0.15) is 22.3 Å². The SMILES string of the molecule is O=C(CCc1c[nH]c2ccccc12)NCC(=O)c1ccccc1. The van der Waals surface area contributed by atoms with Gasteiger partial charge in [0.15, 0.2) is 5.78 Å². The van der Waals surface area contributed by atoms with Crippen LogP contribution in [0.3, 0.4) is 0 Å². The first-order valence-corrected chi connectivity index (χ1v) is 7.64. The molecule has 0 atom stereocenters. The van der Waals surface area contributed by atoms with Crippen LogP contribution in [0.15, 0.2) is 60.8 Å². The molecule has 0 saturated carbocycles. The van der Waals surface area contributed by atoms with Crippen molar-refractivity contribution >= 4 is 22.6 Å². The first-order valence-electron chi connectivity index (χ1n) is 7.64. The summed E-state index contributed by atoms with van der Waals surface area (Å²) in [5.74, 6) is -0.189. The summed E-state index contributed by atoms with van der Waals surface area (Å²) in [5, 5.41) is 3.83. The predicted molar refractivity (Wildman–Crippen MR) is 90.4 cm³/mol. The van der Waals surface area contributed by atoms with Crippen LogP contribution < -0.4 is 5.32 Å². The third-order valence-corrected chi connectivity index (χ3v) is 3.84. The molecule has 4 heteroatoms. The molecular formula is C19H18N2O2. The van der Waals surface area contributed by atoms with Crippen molar-refractivity contribution < 1.29 is 9.59 Å². The van der Waals surface area contributed by atoms with E-state index in [1.165, 1.54) is 0 Å². The van der Waals surface area contributed by atoms with E-state index in [9.17, 15) is 9.59 Å². The maximum absolute atomic E-state index is 11.9. The van der Waals surface area contributed by atoms with Crippen LogP contribution in [-0.4, -0.2) is 23.2 Å². The van der Waals surface area contributed by atoms with Gasteiger partial charge in [-0.25, -0.2) is 0 Å². The topological polar surface area (TPSA) is 62.0 Å². The van der Waals surface area contributed by atoms with E-state index in [-0.39, 0.29) is 18.2 Å². The minimum atomic E-state index is -0.112. The minimum absolute atomic E-state index is 0.0384. The Kier molecular flexibility index (Phi) is 4.52. The van der Waals surface area contributed by atoms with Crippen molar-refractivity contribution in [2.45, 2.75) is 12.8 Å². The molecule has 0 aliphatic carbocycles. The molecule has 0 aliphatic rings. The molecule has 2 N–H and O–H groups in total. The van der Waals surface area contributed by atoms with Crippen molar-refractivity contribution in [3.63, 3.8) is 0 Å². The van der Waals surface area contributed by atoms with Gasteiger partial charge < -0.3 is 10.3 Å². The molecule has 4 nitrogen and oxygen atoms in total. The second-order valence-corrected chi connectivity index (χ2v) is 5.43. The number of hydrogen-bond acceptors (Lipinski definition) is 2. The number of rotatable bonds is 6. The molecule has 1 heterocycles. The van der Waals surface area contributed by atoms with Gasteiger partial charge in [-0.1, -0.05) is 48.5 Å². The highest BCUT2D eigenvalue weighted by atomic mass is 16.2. The molecular weight excluding hydrogens is 288 g/mol. The first kappa shape index (κ1) is 15.0. The number of nitrogens with one attached hydrogen (secondary N) is 2. The van der Waals surface area contributed by atoms with Crippen molar-refractivity contribution in [1.82, 2.24) is 10.3 Å². The lowest BCUT2D eigenvalue weighted by atomic mass is 10.1. The number of fused-ring (bicyclic) bond motifs is 1. The van der Waals surface area contributed by atoms with E-state index in [1.807, 2.05) is 48.7 Å². The quantitative estimate of drug-likeness (QED) is 0.687. The average Bonchev–Trinajstić information content (AvgIpc) is 3.02. The van der Waals surface area contributed by atoms with Crippen LogP contribution in [0.5, 0.6) is 0 Å². The maximum Gasteiger partial charge on any atom is 0.220 e. The van der Waals surface area contributed by atoms with E-state index in [2.05, 4.69) is 10.3 Å². The lowest BCUT2D eigenvalue weighted by Crippen LogP contribution is -2.29. The van der Waals surface area contributed by atoms with E-state index in [0.29, 0.717) is 18.4 Å². The number of para-hydroxylation sites is 1. The summed E-state index contributed by atoms with van der Waals surface area (Å²) in [6.07, 6.45) is 2.95. The van der Waals surface area contributed by atoms with Crippen LogP contribution in [0.2, 0.25) is 0 Å². The highest BCUT2D eigenvalue weighted by Gasteiger charge is 2.09. The van der Waals surface area contributed by atoms with Gasteiger partial charge in [0.1, 0.15) is 0 Å². The molecule has 0 bridgehead atoms. The van der Waals surface area contributed by atoms with Crippen molar-refractivity contribution in [3.8, 4) is 0 Å². The summed E-state index contributed by atoms with van der Waals surface area (Å²) in [7, 11) is 0. The number of benzene rings is 2. The summed E-state index contributed by atoms with van der Waals surface area (Å²) in [6.45, 7) is 0.0384. The summed E-state index contributed by atoms with van der Waals surface area (Å²) in [6, 6.07) is 17.0. The van der Waals surface area contributed by atoms with Gasteiger partial charge in [-0.05, 0) is 18.1 Å². The second kappa shape index (κ2) is 6.92. The van der Waals surface area contributed by atoms with Crippen LogP contribution in [0, 0.1) is 0 Å². The fraction of sp³-hybridized carbons (Fsp3) is 0.158. The van der Waals surface area contributed by atoms with Crippen molar-refractivity contribution in [2.24, 2.45) is 0 Å². The third-order valence-electron chi connectivity index (χ3n) is 3.84. The standard InChI is InChI=1S/C19H18N2O2/c22-18(14-6-2-1-3-7-14)13-21-19(23)11-10-15-12-20-17-9-5-4-8-16(15)17/h1-9,12,20H,10-11,13H2,(H,21,23). The zero-order valence-corrected chi connectivity index (χ0v) is 12.7. The number of carbonyl (C=O) groups is 2. The maximum atomic E-state index is 11.9. The first-order chi connectivity index (χ1) is 11.2. The Morgan fingerprint density at radius 1 is 0.957 bits per heavy atom. The Balaban J connectivity index is 1.51. The number of amides is 1. The molecule has 0 aliphatic heterocycles. The molecule has 0 unspecified atom stereocenters. The number of ketones is 1. The zero-order valence-electron chi connectivity index (χ0n) is 12.7. The van der Waals surface area contributed by atoms with Crippen LogP contribution >= 0.6 is 0 Å². The van der Waals surface area contributed by atoms with Crippen molar-refractivity contribution in [1.29, 1.82) is 0 Å². The van der Waals surface area contributed by atoms with Crippen LogP contribution in [0.4, 0.5) is 0 Å². The van der Waals surface area contributed by atoms with Gasteiger partial charge in [-0.15, -0.1) is 0 Å². The fourth-order valence-electron chi connectivity index (χ4n) is 2.58. The number of Topliss-reactive ketones (excluding diaryl/α,β-unsaturated/α-hetero) is 1. The van der Waals surface area contributed by atoms with Crippen LogP contribution in [0.25, 0.3) is 10.9 Å². The van der Waals surface area contributed by atoms with E-state index in [4.69, 9.17) is 0 Å². The van der Waals surface area contributed by atoms with Gasteiger partial charge in [-0.2, -0.15) is 0 Å². The molecule has 0 fully saturated rings. The van der Waals surface area contributed by atoms with E-state index in [0.717, 1.165) is 16.5 Å². The number of H-pyrrole nitrogens is 1. The van der Waals surface area contributed by atoms with E-state index in [1.54, 1.807) is 12.1 Å². The zero-order chi connectivity index (χ0) is 16.1. The van der Waals surface area contributed by atoms with Gasteiger partial charge >= 0.3 is 0 Å². The normalized spacial score (nSPS) is 10.6. The molecule has 0 radical (unpaired) electrons. The number of aromatic nitrogens is 1. The predicted octanol–water partition coefficient (Wildman–Crippen LogP) is 3.10. The average molecular weight is 306 g/mol. The number of aryl methyl sites for hydroxylation is 1. The van der Waals surface area contributed by atoms with Crippen LogP contribution in [-0.2, 0) is 11.2 Å². The monoisotopic (exact) mass is 306 g/mol. The van der Waals surface area contributed by atoms with Gasteiger partial charge in [0, 0.05) is 29.1 Å². The molecule has 0 saturated heterocycles. The molecule has 23 heavy (non-hydrogen) atoms. The minimum Gasteiger partial charge on any atom is -0.361 e. The smallest absolute Gasteiger partial charge is 0.220 e. The summed E-state index contributed by atoms with van der Waals surface area (Å²) < 4.78 is 0. The summed E-state index contributed by atoms with van der Waals surface area (Å²) in [4.78, 5) is 27.1. The Morgan fingerprint density at radius 2 is 1.70 bits per heavy atom. The van der Waals surface area contributed by atoms with Gasteiger partial charge in [0.25, 0.3) is 0 Å². The Hall–Kier alpha value is -2.88. The molecule has 1 aromatic heterocycles. The highest BCUT2D eigenvalue weighted by Crippen LogP contribution is 2.18. The third kappa shape index (κ3) is 3.66. The molecule has 2 aromatic carbocycles. The Morgan fingerprint density at radius 3 is 2.52 bits per heavy atom. The van der Waals surface area contributed by atoms with Crippen molar-refractivity contribution in [2.75, 3.05) is 6.54 Å². The molecule has 116 valence electrons. The lowest BCUT2D eigenvalue weighted by molar-refractivity contribution is -0.120. The van der Waals surface area contributed by atoms with Gasteiger partial charge in [0.05, 0.1) is 6.54 Å². The molecule has 3 aromatic rings. The highest BCUT2D eigenvalue weighted by molar-refractivity contribution is 5.99. The van der Waals surface area contributed by atoms with Gasteiger partial charge in [-0.3, -0.25) is 9.59 Å². The lowest BCUT2D eigenvalue weighted by Gasteiger charge is -2.04. The summed E-state index contributed by atoms with van der Waals surface area (Å²) >= 11 is 0. The van der Waals surface area contributed by atoms with Crippen molar-refractivity contribution in [3.05, 3.63) is 71.9 Å². The van der Waals surface area contributed by atoms with E-state index < -0.39 is 0 Å². The van der Waals surface area contributed by atoms with E-state index >= 15 is 0 Å². The Bertz CT molecular complexity index is 822. The summed E-state index contributed by atoms with van der Waals surface area (Å²) in [5.41, 5.74) is 2.80. The largest absolute Gasteiger partial charge is 0.361 e. The second-order valence-electron chi connectivity index (χ2n) is 5.43. The molecule has 3 rings (SSSR count). The number of aromatic amines is 1. The Labute approximate surface area is 134 Å². The molecule has 0 spiro atoms. The number of carbonyl (C=O) groups excluding carboxylic acids is 2. The fourth-order valence-corrected chi connectivity index (χ4v) is 2.58. The van der Waals surface area contributed by atoms with Gasteiger partial charge in [0.2, 0.25) is 5.91 Å². The molecule has 1 amide bonds.